The van der Waals surface area contributed by atoms with E-state index >= 15 is 0 Å². The third-order valence-corrected chi connectivity index (χ3v) is 12.7. The van der Waals surface area contributed by atoms with Crippen molar-refractivity contribution in [1.82, 2.24) is 4.98 Å². The first-order valence-electron chi connectivity index (χ1n) is 12.2. The molecule has 2 aromatic rings. The number of anilines is 1. The van der Waals surface area contributed by atoms with E-state index in [4.69, 9.17) is 14.2 Å². The molecular weight excluding hydrogens is 424 g/mol. The Labute approximate surface area is 201 Å². The van der Waals surface area contributed by atoms with Crippen LogP contribution < -0.4 is 5.06 Å². The number of hydroxylamine groups is 1. The molecule has 0 aliphatic carbocycles. The molecule has 0 bridgehead atoms. The molecule has 1 aromatic heterocycles. The lowest BCUT2D eigenvalue weighted by atomic mass is 10.1. The van der Waals surface area contributed by atoms with E-state index in [2.05, 4.69) is 78.8 Å². The van der Waals surface area contributed by atoms with E-state index in [0.29, 0.717) is 16.6 Å². The molecular formula is C28H40N2O2Si. The van der Waals surface area contributed by atoms with Crippen molar-refractivity contribution >= 4 is 20.2 Å². The Morgan fingerprint density at radius 2 is 1.58 bits per heavy atom. The molecule has 2 heterocycles. The molecule has 1 aliphatic rings. The molecule has 4 nitrogen and oxygen atoms in total. The quantitative estimate of drug-likeness (QED) is 0.375. The summed E-state index contributed by atoms with van der Waals surface area (Å²) in [5, 5.41) is 1.92. The molecule has 0 amide bonds. The molecule has 1 aliphatic heterocycles. The largest absolute Gasteiger partial charge is 0.544 e. The van der Waals surface area contributed by atoms with E-state index in [1.54, 1.807) is 0 Å². The van der Waals surface area contributed by atoms with Crippen LogP contribution in [-0.4, -0.2) is 25.4 Å². The fourth-order valence-corrected chi connectivity index (χ4v) is 10.5. The molecule has 0 radical (unpaired) electrons. The van der Waals surface area contributed by atoms with E-state index in [0.717, 1.165) is 22.8 Å². The minimum absolute atomic E-state index is 0.0659. The molecule has 2 atom stereocenters. The zero-order valence-corrected chi connectivity index (χ0v) is 22.4. The Morgan fingerprint density at radius 3 is 2.15 bits per heavy atom. The van der Waals surface area contributed by atoms with Gasteiger partial charge < -0.3 is 4.43 Å². The van der Waals surface area contributed by atoms with Crippen LogP contribution in [-0.2, 0) is 9.26 Å². The maximum absolute atomic E-state index is 7.16. The highest BCUT2D eigenvalue weighted by Gasteiger charge is 2.48. The van der Waals surface area contributed by atoms with Crippen molar-refractivity contribution in [2.24, 2.45) is 0 Å². The van der Waals surface area contributed by atoms with Crippen molar-refractivity contribution in [3.63, 3.8) is 0 Å². The first-order valence-corrected chi connectivity index (χ1v) is 14.3. The SMILES string of the molecule is Cc1cccc(N2O[C@@H](/C=C/c3ccccc3)C=C(O[Si](C(C)C)(C(C)C)C(C)C)[C@H]2C)n1. The topological polar surface area (TPSA) is 34.6 Å². The van der Waals surface area contributed by atoms with Gasteiger partial charge in [0.05, 0.1) is 0 Å². The normalized spacial score (nSPS) is 19.6. The second-order valence-corrected chi connectivity index (χ2v) is 15.3. The van der Waals surface area contributed by atoms with Crippen molar-refractivity contribution in [3.05, 3.63) is 77.7 Å². The molecule has 0 unspecified atom stereocenters. The number of hydrogen-bond donors (Lipinski definition) is 0. The monoisotopic (exact) mass is 464 g/mol. The summed E-state index contributed by atoms with van der Waals surface area (Å²) in [5.41, 5.74) is 3.60. The Bertz CT molecular complexity index is 947. The van der Waals surface area contributed by atoms with Crippen LogP contribution in [0.2, 0.25) is 16.6 Å². The van der Waals surface area contributed by atoms with E-state index in [1.807, 2.05) is 48.4 Å². The Balaban J connectivity index is 2.02. The van der Waals surface area contributed by atoms with Crippen molar-refractivity contribution in [3.8, 4) is 0 Å². The number of hydrogen-bond acceptors (Lipinski definition) is 4. The van der Waals surface area contributed by atoms with Gasteiger partial charge in [0.25, 0.3) is 8.32 Å². The van der Waals surface area contributed by atoms with Crippen molar-refractivity contribution in [2.45, 2.75) is 84.2 Å². The first kappa shape index (κ1) is 25.3. The van der Waals surface area contributed by atoms with Crippen molar-refractivity contribution in [1.29, 1.82) is 0 Å². The summed E-state index contributed by atoms with van der Waals surface area (Å²) < 4.78 is 7.16. The fraction of sp³-hybridized carbons (Fsp3) is 0.464. The summed E-state index contributed by atoms with van der Waals surface area (Å²) in [7, 11) is -2.11. The van der Waals surface area contributed by atoms with Gasteiger partial charge in [-0.1, -0.05) is 84.0 Å². The number of benzene rings is 1. The highest BCUT2D eigenvalue weighted by atomic mass is 28.4. The lowest BCUT2D eigenvalue weighted by Gasteiger charge is -2.46. The lowest BCUT2D eigenvalue weighted by molar-refractivity contribution is 0.0516. The van der Waals surface area contributed by atoms with Crippen molar-refractivity contribution < 1.29 is 9.26 Å². The second-order valence-electron chi connectivity index (χ2n) is 9.97. The Hall–Kier alpha value is -2.37. The molecule has 5 heteroatoms. The van der Waals surface area contributed by atoms with Crippen LogP contribution in [0, 0.1) is 6.92 Å². The number of nitrogens with zero attached hydrogens (tertiary/aromatic N) is 2. The standard InChI is InChI=1S/C28H40N2O2Si/c1-20(2)33(21(3)4,22(5)6)32-27-19-26(18-17-25-14-10-9-11-15-25)31-30(24(27)8)28-16-12-13-23(7)29-28/h9-22,24,26H,1-8H3/b18-17+/t24-,26+/m1/s1. The first-order chi connectivity index (χ1) is 15.6. The van der Waals surface area contributed by atoms with Gasteiger partial charge in [-0.3, -0.25) is 4.84 Å². The zero-order chi connectivity index (χ0) is 24.2. The molecule has 1 aromatic carbocycles. The van der Waals surface area contributed by atoms with Gasteiger partial charge in [0, 0.05) is 5.69 Å². The smallest absolute Gasteiger partial charge is 0.258 e. The lowest BCUT2D eigenvalue weighted by Crippen LogP contribution is -2.51. The van der Waals surface area contributed by atoms with E-state index < -0.39 is 8.32 Å². The summed E-state index contributed by atoms with van der Waals surface area (Å²) in [6.07, 6.45) is 6.12. The average Bonchev–Trinajstić information content (AvgIpc) is 2.77. The Morgan fingerprint density at radius 1 is 0.939 bits per heavy atom. The zero-order valence-electron chi connectivity index (χ0n) is 21.4. The number of rotatable bonds is 8. The summed E-state index contributed by atoms with van der Waals surface area (Å²) in [6.45, 7) is 18.1. The molecule has 0 fully saturated rings. The highest BCUT2D eigenvalue weighted by molar-refractivity contribution is 6.77. The summed E-state index contributed by atoms with van der Waals surface area (Å²) in [4.78, 5) is 11.2. The molecule has 0 spiro atoms. The maximum atomic E-state index is 7.16. The molecule has 0 saturated heterocycles. The summed E-state index contributed by atoms with van der Waals surface area (Å²) in [5.74, 6) is 1.80. The average molecular weight is 465 g/mol. The second kappa shape index (κ2) is 10.7. The van der Waals surface area contributed by atoms with Crippen LogP contribution >= 0.6 is 0 Å². The van der Waals surface area contributed by atoms with E-state index in [9.17, 15) is 0 Å². The molecule has 178 valence electrons. The van der Waals surface area contributed by atoms with Gasteiger partial charge in [0.2, 0.25) is 0 Å². The van der Waals surface area contributed by atoms with E-state index in [1.165, 1.54) is 0 Å². The van der Waals surface area contributed by atoms with Crippen LogP contribution in [0.25, 0.3) is 6.08 Å². The van der Waals surface area contributed by atoms with Gasteiger partial charge in [0.15, 0.2) is 5.82 Å². The van der Waals surface area contributed by atoms with Gasteiger partial charge in [-0.2, -0.15) is 0 Å². The van der Waals surface area contributed by atoms with Crippen LogP contribution in [0.15, 0.2) is 66.4 Å². The third-order valence-electron chi connectivity index (χ3n) is 6.71. The molecule has 3 rings (SSSR count). The van der Waals surface area contributed by atoms with Crippen LogP contribution in [0.4, 0.5) is 5.82 Å². The number of pyridine rings is 1. The molecule has 33 heavy (non-hydrogen) atoms. The van der Waals surface area contributed by atoms with Gasteiger partial charge in [0.1, 0.15) is 17.9 Å². The maximum Gasteiger partial charge on any atom is 0.258 e. The highest BCUT2D eigenvalue weighted by Crippen LogP contribution is 2.45. The predicted octanol–water partition coefficient (Wildman–Crippen LogP) is 7.69. The van der Waals surface area contributed by atoms with Crippen LogP contribution in [0.3, 0.4) is 0 Å². The minimum atomic E-state index is -2.11. The molecule has 0 saturated carbocycles. The van der Waals surface area contributed by atoms with Gasteiger partial charge in [-0.05, 0) is 60.3 Å². The molecule has 0 N–H and O–H groups in total. The predicted molar refractivity (Wildman–Crippen MR) is 141 cm³/mol. The van der Waals surface area contributed by atoms with Crippen LogP contribution in [0.5, 0.6) is 0 Å². The van der Waals surface area contributed by atoms with Crippen LogP contribution in [0.1, 0.15) is 59.7 Å². The number of aryl methyl sites for hydroxylation is 1. The summed E-state index contributed by atoms with van der Waals surface area (Å²) in [6, 6.07) is 16.3. The van der Waals surface area contributed by atoms with Gasteiger partial charge in [-0.25, -0.2) is 10.0 Å². The van der Waals surface area contributed by atoms with Gasteiger partial charge >= 0.3 is 0 Å². The fourth-order valence-electron chi connectivity index (χ4n) is 5.11. The van der Waals surface area contributed by atoms with Gasteiger partial charge in [-0.15, -0.1) is 0 Å². The third kappa shape index (κ3) is 5.59. The minimum Gasteiger partial charge on any atom is -0.544 e. The number of aromatic nitrogens is 1. The van der Waals surface area contributed by atoms with E-state index in [-0.39, 0.29) is 12.1 Å². The Kier molecular flexibility index (Phi) is 8.19. The summed E-state index contributed by atoms with van der Waals surface area (Å²) >= 11 is 0. The van der Waals surface area contributed by atoms with Crippen molar-refractivity contribution in [2.75, 3.05) is 5.06 Å².